The van der Waals surface area contributed by atoms with Crippen molar-refractivity contribution in [3.63, 3.8) is 0 Å². The summed E-state index contributed by atoms with van der Waals surface area (Å²) in [6.45, 7) is 0.968. The number of likely N-dealkylation sites (N-methyl/N-ethyl adjacent to an activating group) is 1. The number of carboxylic acid groups (broad SMARTS) is 1. The molecule has 0 amide bonds. The van der Waals surface area contributed by atoms with Gasteiger partial charge < -0.3 is 15.3 Å². The molecule has 5 nitrogen and oxygen atoms in total. The maximum Gasteiger partial charge on any atom is 0.323 e. The van der Waals surface area contributed by atoms with Gasteiger partial charge in [-0.25, -0.2) is 4.98 Å². The Labute approximate surface area is 200 Å². The second-order valence-electron chi connectivity index (χ2n) is 9.02. The number of aliphatic carboxylic acids is 1. The monoisotopic (exact) mass is 451 g/mol. The molecule has 1 aliphatic rings. The van der Waals surface area contributed by atoms with Crippen LogP contribution in [0.5, 0.6) is 0 Å². The fourth-order valence-corrected chi connectivity index (χ4v) is 4.72. The first-order valence-corrected chi connectivity index (χ1v) is 11.8. The number of nitrogens with one attached hydrogen (secondary N) is 1. The number of carbonyl (C=O) groups is 1. The third-order valence-electron chi connectivity index (χ3n) is 6.52. The quantitative estimate of drug-likeness (QED) is 0.385. The molecule has 0 aliphatic carbocycles. The molecule has 0 unspecified atom stereocenters. The van der Waals surface area contributed by atoms with Crippen LogP contribution in [-0.4, -0.2) is 36.2 Å². The minimum absolute atomic E-state index is 0.0961. The van der Waals surface area contributed by atoms with Crippen LogP contribution in [0, 0.1) is 0 Å². The summed E-state index contributed by atoms with van der Waals surface area (Å²) < 4.78 is 0. The van der Waals surface area contributed by atoms with Gasteiger partial charge in [-0.1, -0.05) is 48.5 Å². The van der Waals surface area contributed by atoms with Crippen LogP contribution >= 0.6 is 0 Å². The molecule has 0 spiro atoms. The normalized spacial score (nSPS) is 12.7. The highest BCUT2D eigenvalue weighted by Crippen LogP contribution is 2.32. The number of fused-ring (bicyclic) bond motifs is 2. The summed E-state index contributed by atoms with van der Waals surface area (Å²) in [7, 11) is 1.76. The third kappa shape index (κ3) is 4.74. The van der Waals surface area contributed by atoms with Crippen molar-refractivity contribution in [2.45, 2.75) is 25.7 Å². The lowest BCUT2D eigenvalue weighted by Crippen LogP contribution is -2.26. The second kappa shape index (κ2) is 9.56. The Balaban J connectivity index is 1.47. The van der Waals surface area contributed by atoms with Crippen LogP contribution < -0.4 is 10.2 Å². The predicted molar refractivity (Wildman–Crippen MR) is 139 cm³/mol. The van der Waals surface area contributed by atoms with Gasteiger partial charge in [-0.15, -0.1) is 0 Å². The van der Waals surface area contributed by atoms with Crippen molar-refractivity contribution in [1.82, 2.24) is 4.98 Å². The van der Waals surface area contributed by atoms with E-state index in [1.54, 1.807) is 11.9 Å². The summed E-state index contributed by atoms with van der Waals surface area (Å²) in [6, 6.07) is 25.5. The van der Waals surface area contributed by atoms with Crippen molar-refractivity contribution >= 4 is 28.4 Å². The molecule has 5 rings (SSSR count). The highest BCUT2D eigenvalue weighted by atomic mass is 16.4. The Kier molecular flexibility index (Phi) is 6.17. The highest BCUT2D eigenvalue weighted by molar-refractivity contribution is 5.96. The molecular formula is C29H29N3O2. The number of nitrogens with zero attached hydrogens (tertiary/aromatic N) is 2. The van der Waals surface area contributed by atoms with E-state index in [-0.39, 0.29) is 6.54 Å². The van der Waals surface area contributed by atoms with Gasteiger partial charge >= 0.3 is 5.97 Å². The van der Waals surface area contributed by atoms with Crippen molar-refractivity contribution in [1.29, 1.82) is 0 Å². The number of aryl methyl sites for hydroxylation is 3. The molecule has 0 radical (unpaired) electrons. The Morgan fingerprint density at radius 3 is 2.56 bits per heavy atom. The van der Waals surface area contributed by atoms with Crippen molar-refractivity contribution in [3.8, 4) is 11.1 Å². The van der Waals surface area contributed by atoms with Crippen molar-refractivity contribution in [2.24, 2.45) is 0 Å². The zero-order valence-electron chi connectivity index (χ0n) is 19.4. The fourth-order valence-electron chi connectivity index (χ4n) is 4.72. The molecule has 172 valence electrons. The molecule has 1 aromatic heterocycles. The summed E-state index contributed by atoms with van der Waals surface area (Å²) in [5, 5.41) is 13.8. The Morgan fingerprint density at radius 2 is 1.76 bits per heavy atom. The van der Waals surface area contributed by atoms with E-state index < -0.39 is 5.97 Å². The van der Waals surface area contributed by atoms with Gasteiger partial charge in [0.15, 0.2) is 0 Å². The topological polar surface area (TPSA) is 65.5 Å². The smallest absolute Gasteiger partial charge is 0.323 e. The van der Waals surface area contributed by atoms with Crippen molar-refractivity contribution in [3.05, 3.63) is 89.5 Å². The molecule has 0 atom stereocenters. The van der Waals surface area contributed by atoms with Crippen molar-refractivity contribution in [2.75, 3.05) is 30.4 Å². The molecule has 0 saturated heterocycles. The fraction of sp³-hybridized carbons (Fsp3) is 0.241. The van der Waals surface area contributed by atoms with E-state index in [0.717, 1.165) is 47.8 Å². The van der Waals surface area contributed by atoms with Gasteiger partial charge in [0.25, 0.3) is 0 Å². The number of hydrogen-bond acceptors (Lipinski definition) is 4. The zero-order chi connectivity index (χ0) is 23.5. The van der Waals surface area contributed by atoms with E-state index in [2.05, 4.69) is 53.8 Å². The lowest BCUT2D eigenvalue weighted by atomic mass is 9.95. The van der Waals surface area contributed by atoms with Crippen LogP contribution in [0.4, 0.5) is 11.5 Å². The Morgan fingerprint density at radius 1 is 1.00 bits per heavy atom. The first-order chi connectivity index (χ1) is 16.6. The first-order valence-electron chi connectivity index (χ1n) is 11.8. The standard InChI is InChI=1S/C29H29N3O2/c1-32(19-29(33)34)28-18-24(22-6-3-2-4-7-22)25-17-21(12-14-27(25)31-28)10-9-20-11-13-26-23(16-20)8-5-15-30-26/h2-4,6-7,11-14,16-18,30H,5,8-10,15,19H2,1H3,(H,33,34). The Bertz CT molecular complexity index is 1330. The number of rotatable bonds is 7. The minimum Gasteiger partial charge on any atom is -0.480 e. The lowest BCUT2D eigenvalue weighted by Gasteiger charge is -2.19. The van der Waals surface area contributed by atoms with Gasteiger partial charge in [0.05, 0.1) is 5.52 Å². The minimum atomic E-state index is -0.876. The molecule has 3 aromatic carbocycles. The molecule has 0 saturated carbocycles. The molecule has 0 bridgehead atoms. The summed E-state index contributed by atoms with van der Waals surface area (Å²) in [6.07, 6.45) is 4.29. The van der Waals surface area contributed by atoms with Gasteiger partial charge in [-0.2, -0.15) is 0 Å². The number of pyridine rings is 1. The van der Waals surface area contributed by atoms with Crippen LogP contribution in [0.2, 0.25) is 0 Å². The van der Waals surface area contributed by atoms with Crippen molar-refractivity contribution < 1.29 is 9.90 Å². The van der Waals surface area contributed by atoms with Crippen LogP contribution in [0.1, 0.15) is 23.1 Å². The second-order valence-corrected chi connectivity index (χ2v) is 9.02. The molecule has 34 heavy (non-hydrogen) atoms. The summed E-state index contributed by atoms with van der Waals surface area (Å²) >= 11 is 0. The SMILES string of the molecule is CN(CC(=O)O)c1cc(-c2ccccc2)c2cc(CCc3ccc4c(c3)CCCN4)ccc2n1. The maximum absolute atomic E-state index is 11.2. The largest absolute Gasteiger partial charge is 0.480 e. The van der Waals surface area contributed by atoms with E-state index in [4.69, 9.17) is 4.98 Å². The highest BCUT2D eigenvalue weighted by Gasteiger charge is 2.14. The van der Waals surface area contributed by atoms with Gasteiger partial charge in [0, 0.05) is 24.7 Å². The van der Waals surface area contributed by atoms with E-state index in [9.17, 15) is 9.90 Å². The van der Waals surface area contributed by atoms with Crippen LogP contribution in [0.3, 0.4) is 0 Å². The molecule has 2 N–H and O–H groups in total. The van der Waals surface area contributed by atoms with Gasteiger partial charge in [-0.05, 0) is 77.8 Å². The summed E-state index contributed by atoms with van der Waals surface area (Å²) in [4.78, 5) is 17.7. The number of benzene rings is 3. The number of anilines is 2. The molecule has 4 aromatic rings. The lowest BCUT2D eigenvalue weighted by molar-refractivity contribution is -0.135. The van der Waals surface area contributed by atoms with Gasteiger partial charge in [0.2, 0.25) is 0 Å². The Hall–Kier alpha value is -3.86. The number of aromatic nitrogens is 1. The van der Waals surface area contributed by atoms with E-state index in [1.807, 2.05) is 24.3 Å². The third-order valence-corrected chi connectivity index (χ3v) is 6.52. The van der Waals surface area contributed by atoms with E-state index in [1.165, 1.54) is 28.8 Å². The maximum atomic E-state index is 11.2. The number of carboxylic acids is 1. The molecule has 1 aliphatic heterocycles. The average Bonchev–Trinajstić information content (AvgIpc) is 2.86. The summed E-state index contributed by atoms with van der Waals surface area (Å²) in [5.74, 6) is -0.219. The average molecular weight is 452 g/mol. The molecule has 5 heteroatoms. The predicted octanol–water partition coefficient (Wildman–Crippen LogP) is 5.57. The van der Waals surface area contributed by atoms with Gasteiger partial charge in [0.1, 0.15) is 12.4 Å². The molecule has 0 fully saturated rings. The zero-order valence-corrected chi connectivity index (χ0v) is 19.4. The van der Waals surface area contributed by atoms with E-state index in [0.29, 0.717) is 5.82 Å². The van der Waals surface area contributed by atoms with Crippen LogP contribution in [-0.2, 0) is 24.1 Å². The molecule has 2 heterocycles. The van der Waals surface area contributed by atoms with E-state index >= 15 is 0 Å². The summed E-state index contributed by atoms with van der Waals surface area (Å²) in [5.41, 5.74) is 8.39. The van der Waals surface area contributed by atoms with Crippen LogP contribution in [0.25, 0.3) is 22.0 Å². The first kappa shape index (κ1) is 22.0. The van der Waals surface area contributed by atoms with Crippen LogP contribution in [0.15, 0.2) is 72.8 Å². The molecular weight excluding hydrogens is 422 g/mol. The number of hydrogen-bond donors (Lipinski definition) is 2. The van der Waals surface area contributed by atoms with Gasteiger partial charge in [-0.3, -0.25) is 4.79 Å².